The zero-order valence-corrected chi connectivity index (χ0v) is 15.8. The number of rotatable bonds is 2. The van der Waals surface area contributed by atoms with Crippen molar-refractivity contribution in [3.63, 3.8) is 0 Å². The molecule has 156 valence electrons. The third-order valence-electron chi connectivity index (χ3n) is 4.65. The molecule has 11 heteroatoms. The highest BCUT2D eigenvalue weighted by Crippen LogP contribution is 2.37. The van der Waals surface area contributed by atoms with Crippen molar-refractivity contribution in [1.82, 2.24) is 19.9 Å². The highest BCUT2D eigenvalue weighted by atomic mass is 19.4. The predicted molar refractivity (Wildman–Crippen MR) is 97.9 cm³/mol. The van der Waals surface area contributed by atoms with E-state index >= 15 is 0 Å². The Bertz CT molecular complexity index is 1250. The number of ether oxygens (including phenoxy) is 2. The molecule has 2 aromatic heterocycles. The van der Waals surface area contributed by atoms with E-state index in [9.17, 15) is 22.8 Å². The van der Waals surface area contributed by atoms with Gasteiger partial charge >= 0.3 is 12.1 Å². The van der Waals surface area contributed by atoms with Gasteiger partial charge in [-0.25, -0.2) is 9.78 Å². The molecular weight excluding hydrogens is 405 g/mol. The predicted octanol–water partition coefficient (Wildman–Crippen LogP) is 1.03. The molecule has 1 aliphatic heterocycles. The maximum atomic E-state index is 13.7. The molecule has 1 saturated heterocycles. The first-order valence-corrected chi connectivity index (χ1v) is 8.79. The molecule has 0 aliphatic carbocycles. The van der Waals surface area contributed by atoms with Crippen molar-refractivity contribution < 1.29 is 27.4 Å². The summed E-state index contributed by atoms with van der Waals surface area (Å²) in [4.78, 5) is 28.9. The van der Waals surface area contributed by atoms with Crippen LogP contribution in [0.3, 0.4) is 0 Å². The number of nitrogens with zero attached hydrogens (tertiary/aromatic N) is 3. The Kier molecular flexibility index (Phi) is 4.60. The van der Waals surface area contributed by atoms with E-state index in [1.54, 1.807) is 18.2 Å². The Morgan fingerprint density at radius 2 is 2.00 bits per heavy atom. The van der Waals surface area contributed by atoms with Gasteiger partial charge in [-0.15, -0.1) is 0 Å². The van der Waals surface area contributed by atoms with Gasteiger partial charge < -0.3 is 14.8 Å². The van der Waals surface area contributed by atoms with Crippen LogP contribution in [0.1, 0.15) is 11.4 Å². The van der Waals surface area contributed by atoms with Crippen molar-refractivity contribution in [2.24, 2.45) is 0 Å². The van der Waals surface area contributed by atoms with E-state index < -0.39 is 29.4 Å². The molecule has 4 rings (SSSR count). The summed E-state index contributed by atoms with van der Waals surface area (Å²) in [5, 5.41) is 6.13. The van der Waals surface area contributed by atoms with Crippen LogP contribution in [0.4, 0.5) is 13.2 Å². The van der Waals surface area contributed by atoms with Gasteiger partial charge in [-0.05, 0) is 12.5 Å². The van der Waals surface area contributed by atoms with Crippen molar-refractivity contribution in [3.8, 4) is 11.1 Å². The highest BCUT2D eigenvalue weighted by Gasteiger charge is 2.39. The van der Waals surface area contributed by atoms with Gasteiger partial charge in [-0.2, -0.15) is 22.8 Å². The largest absolute Gasteiger partial charge is 0.476 e. The molecular formula is C19H15F3N4O4. The van der Waals surface area contributed by atoms with Crippen LogP contribution < -0.4 is 16.1 Å². The standard InChI is InChI=1S/C19H15F3N4O4/c1-9-12(16-24-11(8-30-16)18(28)29-2)17(27)26-15(23-9)13(10-6-4-3-5-7-10)14(25-26)19(20,21)22/h3-7,11,24H,8H2,1-2H3/b16-12-/t11-/m0/s1. The van der Waals surface area contributed by atoms with E-state index in [0.29, 0.717) is 4.52 Å². The molecule has 1 atom stereocenters. The Hall–Kier alpha value is -3.63. The molecule has 0 amide bonds. The smallest absolute Gasteiger partial charge is 0.435 e. The average Bonchev–Trinajstić information content (AvgIpc) is 3.33. The number of aryl methyl sites for hydroxylation is 1. The first kappa shape index (κ1) is 19.7. The van der Waals surface area contributed by atoms with Gasteiger partial charge in [0.05, 0.1) is 18.4 Å². The normalized spacial score (nSPS) is 18.2. The second kappa shape index (κ2) is 7.01. The monoisotopic (exact) mass is 420 g/mol. The number of methoxy groups -OCH3 is 1. The van der Waals surface area contributed by atoms with Crippen LogP contribution in [-0.2, 0) is 20.4 Å². The van der Waals surface area contributed by atoms with E-state index in [1.807, 2.05) is 0 Å². The van der Waals surface area contributed by atoms with Crippen LogP contribution in [0.2, 0.25) is 0 Å². The topological polar surface area (TPSA) is 94.8 Å². The molecule has 1 aromatic carbocycles. The molecule has 30 heavy (non-hydrogen) atoms. The fourth-order valence-corrected chi connectivity index (χ4v) is 3.28. The molecule has 3 heterocycles. The van der Waals surface area contributed by atoms with Crippen LogP contribution in [0, 0.1) is 6.92 Å². The van der Waals surface area contributed by atoms with E-state index in [2.05, 4.69) is 20.1 Å². The lowest BCUT2D eigenvalue weighted by Crippen LogP contribution is -2.41. The molecule has 0 radical (unpaired) electrons. The van der Waals surface area contributed by atoms with Crippen LogP contribution in [0.5, 0.6) is 0 Å². The maximum Gasteiger partial charge on any atom is 0.435 e. The van der Waals surface area contributed by atoms with Gasteiger partial charge in [0.2, 0.25) is 5.88 Å². The third-order valence-corrected chi connectivity index (χ3v) is 4.65. The number of aromatic nitrogens is 3. The minimum Gasteiger partial charge on any atom is -0.476 e. The number of halogens is 3. The first-order valence-electron chi connectivity index (χ1n) is 8.79. The Morgan fingerprint density at radius 3 is 2.63 bits per heavy atom. The summed E-state index contributed by atoms with van der Waals surface area (Å²) in [6.07, 6.45) is -4.80. The maximum absolute atomic E-state index is 13.7. The zero-order chi connectivity index (χ0) is 21.6. The minimum absolute atomic E-state index is 0.0624. The Labute approximate surface area is 166 Å². The summed E-state index contributed by atoms with van der Waals surface area (Å²) in [5.41, 5.74) is -2.21. The second-order valence-electron chi connectivity index (χ2n) is 6.56. The molecule has 1 fully saturated rings. The number of fused-ring (bicyclic) bond motifs is 1. The lowest BCUT2D eigenvalue weighted by atomic mass is 10.1. The Balaban J connectivity index is 2.01. The van der Waals surface area contributed by atoms with Gasteiger partial charge in [0.15, 0.2) is 17.4 Å². The molecule has 1 N–H and O–H groups in total. The lowest BCUT2D eigenvalue weighted by molar-refractivity contribution is -0.143. The van der Waals surface area contributed by atoms with E-state index in [4.69, 9.17) is 4.74 Å². The second-order valence-corrected chi connectivity index (χ2v) is 6.56. The number of hydrogen-bond donors (Lipinski definition) is 1. The summed E-state index contributed by atoms with van der Waals surface area (Å²) in [7, 11) is 1.20. The summed E-state index contributed by atoms with van der Waals surface area (Å²) in [6.45, 7) is 1.37. The quantitative estimate of drug-likeness (QED) is 0.619. The molecule has 0 unspecified atom stereocenters. The van der Waals surface area contributed by atoms with Gasteiger partial charge in [0.1, 0.15) is 11.8 Å². The summed E-state index contributed by atoms with van der Waals surface area (Å²) in [6, 6.07) is 6.95. The van der Waals surface area contributed by atoms with Crippen molar-refractivity contribution in [2.45, 2.75) is 19.1 Å². The van der Waals surface area contributed by atoms with Crippen LogP contribution >= 0.6 is 0 Å². The number of benzene rings is 1. The number of carbonyl (C=O) groups excluding carboxylic acids is 1. The van der Waals surface area contributed by atoms with Crippen molar-refractivity contribution in [2.75, 3.05) is 13.7 Å². The number of carbonyl (C=O) groups is 1. The first-order chi connectivity index (χ1) is 14.2. The lowest BCUT2D eigenvalue weighted by Gasteiger charge is -2.06. The number of alkyl halides is 3. The highest BCUT2D eigenvalue weighted by molar-refractivity contribution is 5.81. The van der Waals surface area contributed by atoms with Crippen molar-refractivity contribution in [1.29, 1.82) is 0 Å². The molecule has 3 aromatic rings. The summed E-state index contributed by atoms with van der Waals surface area (Å²) >= 11 is 0. The van der Waals surface area contributed by atoms with Crippen molar-refractivity contribution in [3.05, 3.63) is 57.3 Å². The summed E-state index contributed by atoms with van der Waals surface area (Å²) in [5.74, 6) is -0.665. The van der Waals surface area contributed by atoms with E-state index in [-0.39, 0.29) is 40.2 Å². The molecule has 0 bridgehead atoms. The van der Waals surface area contributed by atoms with Gasteiger partial charge in [0.25, 0.3) is 5.56 Å². The van der Waals surface area contributed by atoms with Gasteiger partial charge in [-0.3, -0.25) is 4.79 Å². The fraction of sp³-hybridized carbons (Fsp3) is 0.263. The number of nitrogens with one attached hydrogen (secondary N) is 1. The molecule has 0 spiro atoms. The third kappa shape index (κ3) is 3.11. The van der Waals surface area contributed by atoms with E-state index in [1.165, 1.54) is 26.2 Å². The van der Waals surface area contributed by atoms with Gasteiger partial charge in [-0.1, -0.05) is 30.3 Å². The molecule has 0 saturated carbocycles. The van der Waals surface area contributed by atoms with E-state index in [0.717, 1.165) is 0 Å². The van der Waals surface area contributed by atoms with Crippen LogP contribution in [0.15, 0.2) is 35.1 Å². The Morgan fingerprint density at radius 1 is 1.30 bits per heavy atom. The fourth-order valence-electron chi connectivity index (χ4n) is 3.28. The van der Waals surface area contributed by atoms with Crippen molar-refractivity contribution >= 4 is 17.5 Å². The van der Waals surface area contributed by atoms with Crippen LogP contribution in [0.25, 0.3) is 22.7 Å². The SMILES string of the molecule is COC(=O)[C@@H]1CO/C(=c2/c(C)nc3c(-c4ccccc4)c(C(F)(F)F)nn3c2=O)N1. The molecule has 8 nitrogen and oxygen atoms in total. The average molecular weight is 420 g/mol. The summed E-state index contributed by atoms with van der Waals surface area (Å²) < 4.78 is 51.7. The minimum atomic E-state index is -4.80. The van der Waals surface area contributed by atoms with Gasteiger partial charge in [0, 0.05) is 0 Å². The number of esters is 1. The number of hydrogen-bond acceptors (Lipinski definition) is 7. The molecule has 1 aliphatic rings. The van der Waals surface area contributed by atoms with Crippen LogP contribution in [-0.4, -0.2) is 40.3 Å². The zero-order valence-electron chi connectivity index (χ0n) is 15.8.